The molecule has 0 aromatic rings. The molecular weight excluding hydrogens is 256 g/mol. The van der Waals surface area contributed by atoms with Gasteiger partial charge in [0.15, 0.2) is 0 Å². The summed E-state index contributed by atoms with van der Waals surface area (Å²) in [5.41, 5.74) is 0. The van der Waals surface area contributed by atoms with E-state index in [0.29, 0.717) is 24.7 Å². The standard InChI is InChI=1S/C11H18N2O4S/c1-17-8-3-2-4-12(5-8)11(16)13-7-18-6-9(13)10(14)15/h8-9H,2-7H2,1H3,(H,14,15)/t8?,9-/m0/s1. The minimum absolute atomic E-state index is 0.0706. The van der Waals surface area contributed by atoms with Crippen molar-refractivity contribution < 1.29 is 19.4 Å². The van der Waals surface area contributed by atoms with Gasteiger partial charge in [0.2, 0.25) is 0 Å². The molecule has 2 aliphatic rings. The zero-order valence-electron chi connectivity index (χ0n) is 10.4. The number of piperidine rings is 1. The molecule has 2 rings (SSSR count). The molecule has 6 nitrogen and oxygen atoms in total. The first-order valence-electron chi connectivity index (χ1n) is 6.02. The number of hydrogen-bond donors (Lipinski definition) is 1. The van der Waals surface area contributed by atoms with Crippen LogP contribution in [0.15, 0.2) is 0 Å². The predicted molar refractivity (Wildman–Crippen MR) is 67.6 cm³/mol. The Hall–Kier alpha value is -0.950. The summed E-state index contributed by atoms with van der Waals surface area (Å²) in [7, 11) is 1.64. The summed E-state index contributed by atoms with van der Waals surface area (Å²) in [5, 5.41) is 9.08. The van der Waals surface area contributed by atoms with Gasteiger partial charge in [-0.1, -0.05) is 0 Å². The number of nitrogens with zero attached hydrogens (tertiary/aromatic N) is 2. The summed E-state index contributed by atoms with van der Waals surface area (Å²) in [5.74, 6) is 0.0145. The molecule has 2 atom stereocenters. The predicted octanol–water partition coefficient (Wildman–Crippen LogP) is 0.677. The Morgan fingerprint density at radius 1 is 1.44 bits per heavy atom. The summed E-state index contributed by atoms with van der Waals surface area (Å²) < 4.78 is 5.27. The first-order valence-corrected chi connectivity index (χ1v) is 7.18. The average molecular weight is 274 g/mol. The number of carbonyl (C=O) groups is 2. The summed E-state index contributed by atoms with van der Waals surface area (Å²) in [4.78, 5) is 26.5. The molecule has 102 valence electrons. The Balaban J connectivity index is 1.99. The van der Waals surface area contributed by atoms with Crippen LogP contribution in [0, 0.1) is 0 Å². The maximum absolute atomic E-state index is 12.3. The number of rotatable bonds is 2. The van der Waals surface area contributed by atoms with Gasteiger partial charge in [0.25, 0.3) is 0 Å². The monoisotopic (exact) mass is 274 g/mol. The number of methoxy groups -OCH3 is 1. The molecule has 7 heteroatoms. The number of amides is 2. The second-order valence-electron chi connectivity index (χ2n) is 4.55. The number of carboxylic acids is 1. The second kappa shape index (κ2) is 5.79. The highest BCUT2D eigenvalue weighted by Crippen LogP contribution is 2.24. The van der Waals surface area contributed by atoms with Gasteiger partial charge in [0.1, 0.15) is 6.04 Å². The molecule has 0 aliphatic carbocycles. The van der Waals surface area contributed by atoms with E-state index in [2.05, 4.69) is 0 Å². The quantitative estimate of drug-likeness (QED) is 0.801. The van der Waals surface area contributed by atoms with Crippen molar-refractivity contribution in [3.8, 4) is 0 Å². The van der Waals surface area contributed by atoms with Gasteiger partial charge >= 0.3 is 12.0 Å². The molecule has 2 aliphatic heterocycles. The van der Waals surface area contributed by atoms with Gasteiger partial charge in [-0.15, -0.1) is 11.8 Å². The maximum atomic E-state index is 12.3. The average Bonchev–Trinajstić information content (AvgIpc) is 2.87. The fourth-order valence-electron chi connectivity index (χ4n) is 2.32. The highest BCUT2D eigenvalue weighted by atomic mass is 32.2. The van der Waals surface area contributed by atoms with Gasteiger partial charge in [-0.25, -0.2) is 9.59 Å². The Morgan fingerprint density at radius 2 is 2.22 bits per heavy atom. The number of thioether (sulfide) groups is 1. The molecular formula is C11H18N2O4S. The van der Waals surface area contributed by atoms with Crippen LogP contribution in [0.2, 0.25) is 0 Å². The highest BCUT2D eigenvalue weighted by Gasteiger charge is 2.37. The first-order chi connectivity index (χ1) is 8.63. The highest BCUT2D eigenvalue weighted by molar-refractivity contribution is 7.99. The lowest BCUT2D eigenvalue weighted by molar-refractivity contribution is -0.141. The Kier molecular flexibility index (Phi) is 4.34. The lowest BCUT2D eigenvalue weighted by atomic mass is 10.1. The van der Waals surface area contributed by atoms with Crippen molar-refractivity contribution in [3.63, 3.8) is 0 Å². The zero-order valence-corrected chi connectivity index (χ0v) is 11.2. The smallest absolute Gasteiger partial charge is 0.327 e. The van der Waals surface area contributed by atoms with Crippen molar-refractivity contribution in [3.05, 3.63) is 0 Å². The van der Waals surface area contributed by atoms with Gasteiger partial charge < -0.3 is 19.6 Å². The third kappa shape index (κ3) is 2.72. The minimum atomic E-state index is -0.923. The van der Waals surface area contributed by atoms with Gasteiger partial charge in [0, 0.05) is 26.0 Å². The maximum Gasteiger partial charge on any atom is 0.327 e. The van der Waals surface area contributed by atoms with E-state index < -0.39 is 12.0 Å². The van der Waals surface area contributed by atoms with Gasteiger partial charge in [-0.05, 0) is 12.8 Å². The van der Waals surface area contributed by atoms with Crippen LogP contribution in [0.3, 0.4) is 0 Å². The van der Waals surface area contributed by atoms with Crippen LogP contribution < -0.4 is 0 Å². The molecule has 2 fully saturated rings. The van der Waals surface area contributed by atoms with Crippen LogP contribution >= 0.6 is 11.8 Å². The number of carbonyl (C=O) groups excluding carboxylic acids is 1. The molecule has 0 spiro atoms. The summed E-state index contributed by atoms with van der Waals surface area (Å²) >= 11 is 1.48. The molecule has 2 amide bonds. The summed E-state index contributed by atoms with van der Waals surface area (Å²) in [6.07, 6.45) is 1.93. The number of aliphatic carboxylic acids is 1. The molecule has 2 saturated heterocycles. The SMILES string of the molecule is COC1CCCN(C(=O)N2CSC[C@H]2C(=O)O)C1. The van der Waals surface area contributed by atoms with E-state index >= 15 is 0 Å². The molecule has 0 saturated carbocycles. The van der Waals surface area contributed by atoms with E-state index in [4.69, 9.17) is 9.84 Å². The van der Waals surface area contributed by atoms with Crippen LogP contribution in [0.5, 0.6) is 0 Å². The number of urea groups is 1. The van der Waals surface area contributed by atoms with Crippen LogP contribution in [0.4, 0.5) is 4.79 Å². The fraction of sp³-hybridized carbons (Fsp3) is 0.818. The number of carboxylic acid groups (broad SMARTS) is 1. The van der Waals surface area contributed by atoms with Crippen LogP contribution in [-0.2, 0) is 9.53 Å². The molecule has 18 heavy (non-hydrogen) atoms. The number of hydrogen-bond acceptors (Lipinski definition) is 4. The van der Waals surface area contributed by atoms with E-state index in [-0.39, 0.29) is 12.1 Å². The summed E-state index contributed by atoms with van der Waals surface area (Å²) in [6.45, 7) is 1.25. The molecule has 1 unspecified atom stereocenters. The van der Waals surface area contributed by atoms with E-state index in [0.717, 1.165) is 12.8 Å². The van der Waals surface area contributed by atoms with Crippen molar-refractivity contribution in [2.75, 3.05) is 31.8 Å². The van der Waals surface area contributed by atoms with Crippen molar-refractivity contribution in [2.24, 2.45) is 0 Å². The van der Waals surface area contributed by atoms with Crippen LogP contribution in [-0.4, -0.2) is 70.9 Å². The van der Waals surface area contributed by atoms with Gasteiger partial charge in [-0.3, -0.25) is 0 Å². The van der Waals surface area contributed by atoms with Crippen molar-refractivity contribution in [1.82, 2.24) is 9.80 Å². The van der Waals surface area contributed by atoms with Crippen molar-refractivity contribution >= 4 is 23.8 Å². The van der Waals surface area contributed by atoms with Gasteiger partial charge in [0.05, 0.1) is 12.0 Å². The van der Waals surface area contributed by atoms with E-state index in [1.54, 1.807) is 12.0 Å². The third-order valence-electron chi connectivity index (χ3n) is 3.40. The van der Waals surface area contributed by atoms with E-state index in [1.165, 1.54) is 16.7 Å². The Morgan fingerprint density at radius 3 is 2.89 bits per heavy atom. The molecule has 0 aromatic heterocycles. The minimum Gasteiger partial charge on any atom is -0.480 e. The third-order valence-corrected chi connectivity index (χ3v) is 4.41. The first kappa shape index (κ1) is 13.5. The lowest BCUT2D eigenvalue weighted by Crippen LogP contribution is -2.52. The normalized spacial score (nSPS) is 28.5. The van der Waals surface area contributed by atoms with E-state index in [1.807, 2.05) is 0 Å². The Bertz CT molecular complexity index is 339. The van der Waals surface area contributed by atoms with Crippen molar-refractivity contribution in [1.29, 1.82) is 0 Å². The number of likely N-dealkylation sites (tertiary alicyclic amines) is 1. The molecule has 2 heterocycles. The molecule has 0 radical (unpaired) electrons. The van der Waals surface area contributed by atoms with Crippen LogP contribution in [0.1, 0.15) is 12.8 Å². The van der Waals surface area contributed by atoms with Crippen LogP contribution in [0.25, 0.3) is 0 Å². The fourth-order valence-corrected chi connectivity index (χ4v) is 3.46. The molecule has 0 bridgehead atoms. The molecule has 1 N–H and O–H groups in total. The second-order valence-corrected chi connectivity index (χ2v) is 5.55. The molecule has 0 aromatic carbocycles. The van der Waals surface area contributed by atoms with E-state index in [9.17, 15) is 9.59 Å². The van der Waals surface area contributed by atoms with Crippen molar-refractivity contribution in [2.45, 2.75) is 25.0 Å². The summed E-state index contributed by atoms with van der Waals surface area (Å²) in [6, 6.07) is -0.862. The number of ether oxygens (including phenoxy) is 1. The Labute approximate surface area is 110 Å². The lowest BCUT2D eigenvalue weighted by Gasteiger charge is -2.35. The zero-order chi connectivity index (χ0) is 13.1. The van der Waals surface area contributed by atoms with Gasteiger partial charge in [-0.2, -0.15) is 0 Å². The largest absolute Gasteiger partial charge is 0.480 e. The topological polar surface area (TPSA) is 70.1 Å².